The van der Waals surface area contributed by atoms with Gasteiger partial charge in [-0.15, -0.1) is 0 Å². The van der Waals surface area contributed by atoms with Gasteiger partial charge in [-0.05, 0) is 50.1 Å². The standard InChI is InChI=1S/C15H20FNO/c1-4-6-17-13(5-2)14-9-11-8-12(16)7-10(3)15(11)18-14/h7-9,13,17H,4-6H2,1-3H3. The van der Waals surface area contributed by atoms with Crippen molar-refractivity contribution >= 4 is 11.0 Å². The summed E-state index contributed by atoms with van der Waals surface area (Å²) >= 11 is 0. The minimum absolute atomic E-state index is 0.207. The molecular weight excluding hydrogens is 229 g/mol. The molecule has 1 unspecified atom stereocenters. The number of aryl methyl sites for hydroxylation is 1. The van der Waals surface area contributed by atoms with E-state index in [0.717, 1.165) is 41.7 Å². The Morgan fingerprint density at radius 3 is 2.72 bits per heavy atom. The molecule has 1 aromatic carbocycles. The summed E-state index contributed by atoms with van der Waals surface area (Å²) in [6.07, 6.45) is 2.05. The van der Waals surface area contributed by atoms with Crippen molar-refractivity contribution in [1.29, 1.82) is 0 Å². The molecule has 0 saturated carbocycles. The first-order valence-corrected chi connectivity index (χ1v) is 6.58. The summed E-state index contributed by atoms with van der Waals surface area (Å²) in [5, 5.41) is 4.29. The maximum absolute atomic E-state index is 13.3. The third kappa shape index (κ3) is 2.56. The number of nitrogens with one attached hydrogen (secondary N) is 1. The SMILES string of the molecule is CCCNC(CC)c1cc2cc(F)cc(C)c2o1. The van der Waals surface area contributed by atoms with Crippen molar-refractivity contribution in [1.82, 2.24) is 5.32 Å². The molecule has 18 heavy (non-hydrogen) atoms. The first kappa shape index (κ1) is 13.1. The molecule has 0 fully saturated rings. The van der Waals surface area contributed by atoms with Crippen LogP contribution in [0.4, 0.5) is 4.39 Å². The Kier molecular flexibility index (Phi) is 4.02. The first-order valence-electron chi connectivity index (χ1n) is 6.58. The van der Waals surface area contributed by atoms with Gasteiger partial charge in [-0.1, -0.05) is 13.8 Å². The van der Waals surface area contributed by atoms with Crippen molar-refractivity contribution < 1.29 is 8.81 Å². The third-order valence-corrected chi connectivity index (χ3v) is 3.18. The lowest BCUT2D eigenvalue weighted by Crippen LogP contribution is -2.20. The van der Waals surface area contributed by atoms with Crippen molar-refractivity contribution in [3.63, 3.8) is 0 Å². The highest BCUT2D eigenvalue weighted by Gasteiger charge is 2.15. The monoisotopic (exact) mass is 249 g/mol. The first-order chi connectivity index (χ1) is 8.65. The molecule has 1 heterocycles. The Morgan fingerprint density at radius 2 is 2.06 bits per heavy atom. The van der Waals surface area contributed by atoms with Crippen molar-refractivity contribution in [3.8, 4) is 0 Å². The molecule has 0 amide bonds. The second-order valence-electron chi connectivity index (χ2n) is 4.70. The van der Waals surface area contributed by atoms with E-state index in [2.05, 4.69) is 19.2 Å². The molecule has 0 spiro atoms. The van der Waals surface area contributed by atoms with Gasteiger partial charge in [-0.25, -0.2) is 4.39 Å². The van der Waals surface area contributed by atoms with Gasteiger partial charge in [0.15, 0.2) is 0 Å². The molecule has 2 rings (SSSR count). The van der Waals surface area contributed by atoms with E-state index in [-0.39, 0.29) is 11.9 Å². The van der Waals surface area contributed by atoms with Gasteiger partial charge in [0.25, 0.3) is 0 Å². The summed E-state index contributed by atoms with van der Waals surface area (Å²) in [6.45, 7) is 7.09. The summed E-state index contributed by atoms with van der Waals surface area (Å²) in [5.41, 5.74) is 1.64. The Labute approximate surface area is 107 Å². The summed E-state index contributed by atoms with van der Waals surface area (Å²) in [4.78, 5) is 0. The summed E-state index contributed by atoms with van der Waals surface area (Å²) in [7, 11) is 0. The summed E-state index contributed by atoms with van der Waals surface area (Å²) in [6, 6.07) is 5.19. The van der Waals surface area contributed by atoms with Gasteiger partial charge < -0.3 is 9.73 Å². The van der Waals surface area contributed by atoms with Crippen molar-refractivity contribution in [2.24, 2.45) is 0 Å². The topological polar surface area (TPSA) is 25.2 Å². The fraction of sp³-hybridized carbons (Fsp3) is 0.467. The van der Waals surface area contributed by atoms with Crippen LogP contribution in [0.3, 0.4) is 0 Å². The molecule has 0 radical (unpaired) electrons. The molecule has 1 atom stereocenters. The van der Waals surface area contributed by atoms with Gasteiger partial charge in [0.2, 0.25) is 0 Å². The molecular formula is C15H20FNO. The zero-order valence-corrected chi connectivity index (χ0v) is 11.2. The lowest BCUT2D eigenvalue weighted by Gasteiger charge is -2.13. The molecule has 0 aliphatic carbocycles. The van der Waals surface area contributed by atoms with Crippen LogP contribution < -0.4 is 5.32 Å². The van der Waals surface area contributed by atoms with Gasteiger partial charge in [0.05, 0.1) is 6.04 Å². The van der Waals surface area contributed by atoms with Crippen LogP contribution in [-0.2, 0) is 0 Å². The van der Waals surface area contributed by atoms with Crippen LogP contribution in [0.25, 0.3) is 11.0 Å². The number of furan rings is 1. The molecule has 0 bridgehead atoms. The number of halogens is 1. The largest absolute Gasteiger partial charge is 0.459 e. The zero-order chi connectivity index (χ0) is 13.1. The van der Waals surface area contributed by atoms with E-state index < -0.39 is 0 Å². The fourth-order valence-corrected chi connectivity index (χ4v) is 2.24. The van der Waals surface area contributed by atoms with Gasteiger partial charge in [-0.3, -0.25) is 0 Å². The third-order valence-electron chi connectivity index (χ3n) is 3.18. The van der Waals surface area contributed by atoms with Crippen LogP contribution >= 0.6 is 0 Å². The van der Waals surface area contributed by atoms with Crippen molar-refractivity contribution in [3.05, 3.63) is 35.3 Å². The highest BCUT2D eigenvalue weighted by Crippen LogP contribution is 2.28. The molecule has 2 aromatic rings. The van der Waals surface area contributed by atoms with Crippen LogP contribution in [0.15, 0.2) is 22.6 Å². The zero-order valence-electron chi connectivity index (χ0n) is 11.2. The van der Waals surface area contributed by atoms with Crippen molar-refractivity contribution in [2.75, 3.05) is 6.54 Å². The molecule has 0 aliphatic rings. The van der Waals surface area contributed by atoms with Gasteiger partial charge in [0, 0.05) is 5.39 Å². The molecule has 0 aliphatic heterocycles. The van der Waals surface area contributed by atoms with E-state index in [1.807, 2.05) is 13.0 Å². The van der Waals surface area contributed by atoms with E-state index >= 15 is 0 Å². The van der Waals surface area contributed by atoms with Gasteiger partial charge >= 0.3 is 0 Å². The average molecular weight is 249 g/mol. The summed E-state index contributed by atoms with van der Waals surface area (Å²) < 4.78 is 19.2. The van der Waals surface area contributed by atoms with E-state index in [1.165, 1.54) is 12.1 Å². The number of hydrogen-bond donors (Lipinski definition) is 1. The van der Waals surface area contributed by atoms with Gasteiger partial charge in [0.1, 0.15) is 17.2 Å². The maximum atomic E-state index is 13.3. The van der Waals surface area contributed by atoms with Gasteiger partial charge in [-0.2, -0.15) is 0 Å². The van der Waals surface area contributed by atoms with Crippen LogP contribution in [0.5, 0.6) is 0 Å². The normalized spacial score (nSPS) is 13.1. The van der Waals surface area contributed by atoms with Crippen molar-refractivity contribution in [2.45, 2.75) is 39.7 Å². The van der Waals surface area contributed by atoms with Crippen LogP contribution in [0.2, 0.25) is 0 Å². The second-order valence-corrected chi connectivity index (χ2v) is 4.70. The number of hydrogen-bond acceptors (Lipinski definition) is 2. The maximum Gasteiger partial charge on any atom is 0.137 e. The average Bonchev–Trinajstić information content (AvgIpc) is 2.74. The molecule has 1 N–H and O–H groups in total. The fourth-order valence-electron chi connectivity index (χ4n) is 2.24. The van der Waals surface area contributed by atoms with E-state index in [9.17, 15) is 4.39 Å². The Morgan fingerprint density at radius 1 is 1.28 bits per heavy atom. The number of fused-ring (bicyclic) bond motifs is 1. The molecule has 2 nitrogen and oxygen atoms in total. The number of rotatable bonds is 5. The van der Waals surface area contributed by atoms with E-state index in [0.29, 0.717) is 0 Å². The van der Waals surface area contributed by atoms with Crippen LogP contribution in [-0.4, -0.2) is 6.54 Å². The van der Waals surface area contributed by atoms with E-state index in [4.69, 9.17) is 4.42 Å². The minimum Gasteiger partial charge on any atom is -0.459 e. The molecule has 0 saturated heterocycles. The Bertz CT molecular complexity index is 533. The minimum atomic E-state index is -0.207. The molecule has 1 aromatic heterocycles. The molecule has 3 heteroatoms. The molecule has 98 valence electrons. The quantitative estimate of drug-likeness (QED) is 0.853. The highest BCUT2D eigenvalue weighted by atomic mass is 19.1. The Hall–Kier alpha value is -1.35. The number of benzene rings is 1. The predicted octanol–water partition coefficient (Wildman–Crippen LogP) is 4.33. The van der Waals surface area contributed by atoms with Crippen LogP contribution in [0, 0.1) is 12.7 Å². The smallest absolute Gasteiger partial charge is 0.137 e. The summed E-state index contributed by atoms with van der Waals surface area (Å²) in [5.74, 6) is 0.691. The lowest BCUT2D eigenvalue weighted by atomic mass is 10.1. The highest BCUT2D eigenvalue weighted by molar-refractivity contribution is 5.81. The van der Waals surface area contributed by atoms with E-state index in [1.54, 1.807) is 0 Å². The Balaban J connectivity index is 2.36. The van der Waals surface area contributed by atoms with Crippen LogP contribution in [0.1, 0.15) is 44.1 Å². The lowest BCUT2D eigenvalue weighted by molar-refractivity contribution is 0.420. The predicted molar refractivity (Wildman–Crippen MR) is 72.2 cm³/mol. The second kappa shape index (κ2) is 5.53.